The highest BCUT2D eigenvalue weighted by Gasteiger charge is 2.25. The second-order valence-electron chi connectivity index (χ2n) is 4.43. The van der Waals surface area contributed by atoms with Gasteiger partial charge in [0.1, 0.15) is 24.9 Å². The fraction of sp³-hybridized carbons (Fsp3) is 0.214. The average molecular weight is 355 g/mol. The van der Waals surface area contributed by atoms with Crippen LogP contribution in [-0.2, 0) is 0 Å². The first-order chi connectivity index (χ1) is 10.1. The van der Waals surface area contributed by atoms with Crippen molar-refractivity contribution in [3.05, 3.63) is 45.8 Å². The monoisotopic (exact) mass is 354 g/mol. The molecule has 0 bridgehead atoms. The van der Waals surface area contributed by atoms with Crippen molar-refractivity contribution >= 4 is 21.9 Å². The van der Waals surface area contributed by atoms with Crippen LogP contribution in [0.3, 0.4) is 0 Å². The third-order valence-electron chi connectivity index (χ3n) is 3.11. The maximum absolute atomic E-state index is 11.1. The highest BCUT2D eigenvalue weighted by atomic mass is 79.9. The Morgan fingerprint density at radius 2 is 2.05 bits per heavy atom. The Kier molecular flexibility index (Phi) is 3.60. The average Bonchev–Trinajstić information content (AvgIpc) is 2.96. The van der Waals surface area contributed by atoms with E-state index in [1.807, 2.05) is 0 Å². The van der Waals surface area contributed by atoms with Crippen molar-refractivity contribution in [2.24, 2.45) is 0 Å². The van der Waals surface area contributed by atoms with E-state index in [0.29, 0.717) is 34.7 Å². The molecule has 21 heavy (non-hydrogen) atoms. The van der Waals surface area contributed by atoms with Crippen LogP contribution >= 0.6 is 15.9 Å². The van der Waals surface area contributed by atoms with Crippen molar-refractivity contribution in [1.29, 1.82) is 0 Å². The third-order valence-corrected chi connectivity index (χ3v) is 3.70. The van der Waals surface area contributed by atoms with Crippen LogP contribution in [0.4, 0.5) is 0 Å². The topological polar surface area (TPSA) is 89.1 Å². The van der Waals surface area contributed by atoms with E-state index in [1.54, 1.807) is 12.1 Å². The largest absolute Gasteiger partial charge is 0.486 e. The van der Waals surface area contributed by atoms with Crippen LogP contribution < -0.4 is 9.47 Å². The molecule has 1 unspecified atom stereocenters. The first kappa shape index (κ1) is 14.0. The van der Waals surface area contributed by atoms with E-state index in [0.717, 1.165) is 0 Å². The summed E-state index contributed by atoms with van der Waals surface area (Å²) in [5.41, 5.74) is 0.372. The quantitative estimate of drug-likeness (QED) is 0.880. The number of aliphatic hydroxyl groups excluding tert-OH is 1. The van der Waals surface area contributed by atoms with Crippen LogP contribution in [-0.4, -0.2) is 29.4 Å². The Hall–Kier alpha value is -1.99. The van der Waals surface area contributed by atoms with Crippen molar-refractivity contribution in [2.75, 3.05) is 13.2 Å². The SMILES string of the molecule is O=C(O)c1ccoc1C(O)c1cc(Br)c2c(c1)OCCO2. The van der Waals surface area contributed by atoms with E-state index in [4.69, 9.17) is 19.0 Å². The van der Waals surface area contributed by atoms with Gasteiger partial charge in [0, 0.05) is 0 Å². The number of hydrogen-bond acceptors (Lipinski definition) is 5. The summed E-state index contributed by atoms with van der Waals surface area (Å²) in [5.74, 6) is -0.122. The molecule has 1 atom stereocenters. The van der Waals surface area contributed by atoms with Crippen LogP contribution in [0.25, 0.3) is 0 Å². The number of fused-ring (bicyclic) bond motifs is 1. The number of hydrogen-bond donors (Lipinski definition) is 2. The molecule has 0 amide bonds. The molecule has 6 nitrogen and oxygen atoms in total. The molecule has 0 fully saturated rings. The molecule has 2 heterocycles. The number of furan rings is 1. The van der Waals surface area contributed by atoms with Crippen LogP contribution in [0.2, 0.25) is 0 Å². The van der Waals surface area contributed by atoms with Crippen LogP contribution in [0.1, 0.15) is 27.8 Å². The van der Waals surface area contributed by atoms with Crippen molar-refractivity contribution in [3.63, 3.8) is 0 Å². The molecule has 3 rings (SSSR count). The van der Waals surface area contributed by atoms with Gasteiger partial charge in [-0.2, -0.15) is 0 Å². The molecule has 0 spiro atoms. The fourth-order valence-corrected chi connectivity index (χ4v) is 2.72. The van der Waals surface area contributed by atoms with E-state index in [2.05, 4.69) is 15.9 Å². The number of rotatable bonds is 3. The second kappa shape index (κ2) is 5.42. The molecule has 2 aromatic rings. The standard InChI is InChI=1S/C14H11BrO6/c15-9-5-7(6-10-13(9)21-4-3-19-10)11(16)12-8(14(17)18)1-2-20-12/h1-2,5-6,11,16H,3-4H2,(H,17,18). The Morgan fingerprint density at radius 1 is 1.29 bits per heavy atom. The summed E-state index contributed by atoms with van der Waals surface area (Å²) in [6.07, 6.45) is 0.0212. The first-order valence-corrected chi connectivity index (χ1v) is 6.95. The van der Waals surface area contributed by atoms with E-state index in [9.17, 15) is 9.90 Å². The van der Waals surface area contributed by atoms with Gasteiger partial charge in [-0.3, -0.25) is 0 Å². The minimum absolute atomic E-state index is 0.0222. The van der Waals surface area contributed by atoms with Crippen LogP contribution in [0.15, 0.2) is 33.4 Å². The number of aromatic carboxylic acids is 1. The third kappa shape index (κ3) is 2.50. The van der Waals surface area contributed by atoms with Crippen molar-refractivity contribution < 1.29 is 28.9 Å². The van der Waals surface area contributed by atoms with Gasteiger partial charge in [-0.25, -0.2) is 4.79 Å². The minimum Gasteiger partial charge on any atom is -0.486 e. The zero-order valence-electron chi connectivity index (χ0n) is 10.7. The Bertz CT molecular complexity index is 693. The lowest BCUT2D eigenvalue weighted by Crippen LogP contribution is -2.16. The lowest BCUT2D eigenvalue weighted by Gasteiger charge is -2.21. The highest BCUT2D eigenvalue weighted by Crippen LogP contribution is 2.41. The molecule has 1 aromatic heterocycles. The predicted molar refractivity (Wildman–Crippen MR) is 74.9 cm³/mol. The Balaban J connectivity index is 2.02. The number of carbonyl (C=O) groups is 1. The summed E-state index contributed by atoms with van der Waals surface area (Å²) in [6.45, 7) is 0.870. The summed E-state index contributed by atoms with van der Waals surface area (Å²) in [4.78, 5) is 11.1. The van der Waals surface area contributed by atoms with Crippen LogP contribution in [0.5, 0.6) is 11.5 Å². The van der Waals surface area contributed by atoms with E-state index >= 15 is 0 Å². The van der Waals surface area contributed by atoms with E-state index in [1.165, 1.54) is 12.3 Å². The molecular formula is C14H11BrO6. The maximum atomic E-state index is 11.1. The molecule has 0 aliphatic carbocycles. The maximum Gasteiger partial charge on any atom is 0.339 e. The fourth-order valence-electron chi connectivity index (χ4n) is 2.15. The highest BCUT2D eigenvalue weighted by molar-refractivity contribution is 9.10. The molecule has 7 heteroatoms. The molecule has 0 saturated heterocycles. The first-order valence-electron chi connectivity index (χ1n) is 6.15. The van der Waals surface area contributed by atoms with Crippen molar-refractivity contribution in [3.8, 4) is 11.5 Å². The lowest BCUT2D eigenvalue weighted by atomic mass is 10.0. The van der Waals surface area contributed by atoms with Crippen LogP contribution in [0, 0.1) is 0 Å². The summed E-state index contributed by atoms with van der Waals surface area (Å²) in [5, 5.41) is 19.4. The molecule has 1 aliphatic heterocycles. The summed E-state index contributed by atoms with van der Waals surface area (Å²) >= 11 is 3.35. The number of carboxylic acids is 1. The summed E-state index contributed by atoms with van der Waals surface area (Å²) in [7, 11) is 0. The van der Waals surface area contributed by atoms with Gasteiger partial charge in [0.2, 0.25) is 0 Å². The van der Waals surface area contributed by atoms with Gasteiger partial charge in [0.15, 0.2) is 17.3 Å². The molecule has 110 valence electrons. The zero-order valence-corrected chi connectivity index (χ0v) is 12.3. The van der Waals surface area contributed by atoms with Gasteiger partial charge in [-0.05, 0) is 39.7 Å². The Labute approximate surface area is 128 Å². The predicted octanol–water partition coefficient (Wildman–Crippen LogP) is 2.59. The van der Waals surface area contributed by atoms with Crippen molar-refractivity contribution in [2.45, 2.75) is 6.10 Å². The Morgan fingerprint density at radius 3 is 2.81 bits per heavy atom. The smallest absolute Gasteiger partial charge is 0.339 e. The van der Waals surface area contributed by atoms with Gasteiger partial charge < -0.3 is 24.1 Å². The second-order valence-corrected chi connectivity index (χ2v) is 5.29. The molecule has 2 N–H and O–H groups in total. The normalized spacial score (nSPS) is 14.8. The molecule has 1 aromatic carbocycles. The van der Waals surface area contributed by atoms with E-state index in [-0.39, 0.29) is 11.3 Å². The summed E-state index contributed by atoms with van der Waals surface area (Å²) in [6, 6.07) is 4.55. The molecule has 0 saturated carbocycles. The zero-order chi connectivity index (χ0) is 15.0. The number of halogens is 1. The number of carboxylic acid groups (broad SMARTS) is 1. The number of aliphatic hydroxyl groups is 1. The molecule has 1 aliphatic rings. The van der Waals surface area contributed by atoms with Gasteiger partial charge in [0.05, 0.1) is 10.7 Å². The van der Waals surface area contributed by atoms with Gasteiger partial charge in [-0.1, -0.05) is 0 Å². The molecule has 0 radical (unpaired) electrons. The molecular weight excluding hydrogens is 344 g/mol. The van der Waals surface area contributed by atoms with E-state index < -0.39 is 12.1 Å². The van der Waals surface area contributed by atoms with Crippen molar-refractivity contribution in [1.82, 2.24) is 0 Å². The van der Waals surface area contributed by atoms with Gasteiger partial charge >= 0.3 is 5.97 Å². The number of benzene rings is 1. The van der Waals surface area contributed by atoms with Gasteiger partial charge in [0.25, 0.3) is 0 Å². The van der Waals surface area contributed by atoms with Gasteiger partial charge in [-0.15, -0.1) is 0 Å². The lowest BCUT2D eigenvalue weighted by molar-refractivity contribution is 0.0687. The minimum atomic E-state index is -1.21. The number of ether oxygens (including phenoxy) is 2. The summed E-state index contributed by atoms with van der Waals surface area (Å²) < 4.78 is 16.7.